The molecule has 134 valence electrons. The minimum atomic E-state index is -0.0816. The lowest BCUT2D eigenvalue weighted by Crippen LogP contribution is -2.12. The zero-order valence-corrected chi connectivity index (χ0v) is 15.7. The van der Waals surface area contributed by atoms with E-state index in [0.29, 0.717) is 22.8 Å². The molecule has 0 saturated heterocycles. The van der Waals surface area contributed by atoms with Crippen molar-refractivity contribution in [2.75, 3.05) is 11.1 Å². The van der Waals surface area contributed by atoms with Crippen LogP contribution >= 0.6 is 11.8 Å². The topological polar surface area (TPSA) is 78.7 Å². The van der Waals surface area contributed by atoms with E-state index in [1.807, 2.05) is 37.3 Å². The largest absolute Gasteiger partial charge is 0.326 e. The number of pyridine rings is 2. The number of benzene rings is 1. The maximum absolute atomic E-state index is 12.0. The van der Waals surface area contributed by atoms with Crippen molar-refractivity contribution in [2.24, 2.45) is 0 Å². The highest BCUT2D eigenvalue weighted by Gasteiger charge is 2.10. The van der Waals surface area contributed by atoms with Gasteiger partial charge in [-0.05, 0) is 31.2 Å². The molecule has 0 aliphatic rings. The van der Waals surface area contributed by atoms with E-state index in [2.05, 4.69) is 21.4 Å². The van der Waals surface area contributed by atoms with Crippen molar-refractivity contribution in [3.63, 3.8) is 0 Å². The van der Waals surface area contributed by atoms with Gasteiger partial charge in [-0.3, -0.25) is 9.78 Å². The molecule has 0 aliphatic carbocycles. The number of nitriles is 1. The van der Waals surface area contributed by atoms with Gasteiger partial charge in [-0.15, -0.1) is 11.8 Å². The van der Waals surface area contributed by atoms with Crippen molar-refractivity contribution >= 4 is 23.4 Å². The highest BCUT2D eigenvalue weighted by atomic mass is 32.2. The molecule has 0 spiro atoms. The summed E-state index contributed by atoms with van der Waals surface area (Å²) in [6, 6.07) is 17.4. The Morgan fingerprint density at radius 2 is 1.85 bits per heavy atom. The summed E-state index contributed by atoms with van der Waals surface area (Å²) in [6.07, 6.45) is 3.59. The first kappa shape index (κ1) is 18.6. The predicted molar refractivity (Wildman–Crippen MR) is 107 cm³/mol. The fraction of sp³-hybridized carbons (Fsp3) is 0.143. The third-order valence-electron chi connectivity index (χ3n) is 3.86. The lowest BCUT2D eigenvalue weighted by Gasteiger charge is -2.08. The molecule has 2 heterocycles. The number of nitrogens with one attached hydrogen (secondary N) is 1. The van der Waals surface area contributed by atoms with Crippen molar-refractivity contribution in [1.82, 2.24) is 9.97 Å². The molecule has 1 amide bonds. The van der Waals surface area contributed by atoms with Crippen LogP contribution in [0.1, 0.15) is 17.5 Å². The van der Waals surface area contributed by atoms with Crippen LogP contribution in [0.15, 0.2) is 66.0 Å². The number of hydrogen-bond donors (Lipinski definition) is 1. The van der Waals surface area contributed by atoms with E-state index < -0.39 is 0 Å². The minimum Gasteiger partial charge on any atom is -0.326 e. The first-order valence-electron chi connectivity index (χ1n) is 8.46. The summed E-state index contributed by atoms with van der Waals surface area (Å²) in [4.78, 5) is 20.6. The summed E-state index contributed by atoms with van der Waals surface area (Å²) in [5, 5.41) is 12.8. The maximum atomic E-state index is 12.0. The molecule has 5 nitrogen and oxygen atoms in total. The summed E-state index contributed by atoms with van der Waals surface area (Å²) >= 11 is 1.42. The molecule has 0 fully saturated rings. The van der Waals surface area contributed by atoms with Gasteiger partial charge in [-0.1, -0.05) is 29.8 Å². The Balaban J connectivity index is 1.65. The first-order valence-corrected chi connectivity index (χ1v) is 9.45. The normalized spacial score (nSPS) is 10.2. The van der Waals surface area contributed by atoms with Crippen LogP contribution in [0.4, 0.5) is 5.69 Å². The molecule has 1 aromatic carbocycles. The second-order valence-corrected chi connectivity index (χ2v) is 6.99. The summed E-state index contributed by atoms with van der Waals surface area (Å²) < 4.78 is 0. The number of nitrogens with zero attached hydrogens (tertiary/aromatic N) is 3. The third-order valence-corrected chi connectivity index (χ3v) is 4.85. The number of amides is 1. The number of carbonyl (C=O) groups is 1. The number of rotatable bonds is 6. The van der Waals surface area contributed by atoms with Crippen molar-refractivity contribution in [1.29, 1.82) is 5.26 Å². The Kier molecular flexibility index (Phi) is 6.18. The molecule has 2 aromatic heterocycles. The molecule has 3 aromatic rings. The van der Waals surface area contributed by atoms with Gasteiger partial charge in [-0.2, -0.15) is 5.26 Å². The number of carbonyl (C=O) groups excluding carboxylic acids is 1. The van der Waals surface area contributed by atoms with Gasteiger partial charge in [0.2, 0.25) is 5.91 Å². The average Bonchev–Trinajstić information content (AvgIpc) is 2.69. The standard InChI is InChI=1S/C21H18N4OS/c1-15-2-4-16(5-3-15)19-7-6-17(14-22)21(25-19)27-13-10-20(26)24-18-8-11-23-12-9-18/h2-9,11-12H,10,13H2,1H3,(H,23,24,26). The van der Waals surface area contributed by atoms with Crippen LogP contribution in [0.25, 0.3) is 11.3 Å². The smallest absolute Gasteiger partial charge is 0.225 e. The van der Waals surface area contributed by atoms with E-state index in [9.17, 15) is 10.1 Å². The van der Waals surface area contributed by atoms with Crippen LogP contribution < -0.4 is 5.32 Å². The van der Waals surface area contributed by atoms with Crippen molar-refractivity contribution in [3.8, 4) is 17.3 Å². The lowest BCUT2D eigenvalue weighted by molar-refractivity contribution is -0.115. The molecule has 6 heteroatoms. The zero-order valence-electron chi connectivity index (χ0n) is 14.8. The van der Waals surface area contributed by atoms with E-state index in [0.717, 1.165) is 16.9 Å². The second kappa shape index (κ2) is 8.97. The average molecular weight is 374 g/mol. The third kappa shape index (κ3) is 5.16. The number of thioether (sulfide) groups is 1. The van der Waals surface area contributed by atoms with Gasteiger partial charge in [0.1, 0.15) is 11.1 Å². The molecule has 1 N–H and O–H groups in total. The van der Waals surface area contributed by atoms with Crippen LogP contribution in [0.5, 0.6) is 0 Å². The van der Waals surface area contributed by atoms with Crippen LogP contribution in [-0.2, 0) is 4.79 Å². The Bertz CT molecular complexity index is 966. The molecule has 27 heavy (non-hydrogen) atoms. The SMILES string of the molecule is Cc1ccc(-c2ccc(C#N)c(SCCC(=O)Nc3ccncc3)n2)cc1. The van der Waals surface area contributed by atoms with Gasteiger partial charge < -0.3 is 5.32 Å². The molecule has 3 rings (SSSR count). The fourth-order valence-electron chi connectivity index (χ4n) is 2.42. The zero-order chi connectivity index (χ0) is 19.1. The number of hydrogen-bond acceptors (Lipinski definition) is 5. The number of aryl methyl sites for hydroxylation is 1. The van der Waals surface area contributed by atoms with Crippen LogP contribution in [-0.4, -0.2) is 21.6 Å². The van der Waals surface area contributed by atoms with E-state index in [1.54, 1.807) is 30.6 Å². The minimum absolute atomic E-state index is 0.0816. The Labute approximate surface area is 162 Å². The summed E-state index contributed by atoms with van der Waals surface area (Å²) in [5.41, 5.74) is 4.24. The summed E-state index contributed by atoms with van der Waals surface area (Å²) in [5.74, 6) is 0.456. The van der Waals surface area contributed by atoms with Crippen molar-refractivity contribution in [3.05, 3.63) is 72.1 Å². The molecule has 0 unspecified atom stereocenters. The van der Waals surface area contributed by atoms with E-state index >= 15 is 0 Å². The highest BCUT2D eigenvalue weighted by molar-refractivity contribution is 7.99. The lowest BCUT2D eigenvalue weighted by atomic mass is 10.1. The maximum Gasteiger partial charge on any atom is 0.225 e. The Hall–Kier alpha value is -3.17. The predicted octanol–water partition coefficient (Wildman–Crippen LogP) is 4.44. The number of anilines is 1. The van der Waals surface area contributed by atoms with Gasteiger partial charge in [0.05, 0.1) is 11.3 Å². The molecule has 0 radical (unpaired) electrons. The fourth-order valence-corrected chi connectivity index (χ4v) is 3.33. The van der Waals surface area contributed by atoms with E-state index in [-0.39, 0.29) is 5.91 Å². The van der Waals surface area contributed by atoms with Gasteiger partial charge in [0.25, 0.3) is 0 Å². The molecule has 0 aliphatic heterocycles. The van der Waals surface area contributed by atoms with Crippen molar-refractivity contribution < 1.29 is 4.79 Å². The van der Waals surface area contributed by atoms with Crippen LogP contribution in [0, 0.1) is 18.3 Å². The van der Waals surface area contributed by atoms with E-state index in [1.165, 1.54) is 17.3 Å². The summed E-state index contributed by atoms with van der Waals surface area (Å²) in [7, 11) is 0. The van der Waals surface area contributed by atoms with E-state index in [4.69, 9.17) is 0 Å². The highest BCUT2D eigenvalue weighted by Crippen LogP contribution is 2.26. The first-order chi connectivity index (χ1) is 13.2. The molecule has 0 atom stereocenters. The van der Waals surface area contributed by atoms with Gasteiger partial charge in [0, 0.05) is 35.8 Å². The van der Waals surface area contributed by atoms with Gasteiger partial charge >= 0.3 is 0 Å². The molecule has 0 saturated carbocycles. The van der Waals surface area contributed by atoms with Gasteiger partial charge in [-0.25, -0.2) is 4.98 Å². The number of aromatic nitrogens is 2. The Morgan fingerprint density at radius 1 is 1.11 bits per heavy atom. The summed E-state index contributed by atoms with van der Waals surface area (Å²) in [6.45, 7) is 2.04. The molecular formula is C21H18N4OS. The van der Waals surface area contributed by atoms with Crippen LogP contribution in [0.3, 0.4) is 0 Å². The molecule has 0 bridgehead atoms. The van der Waals surface area contributed by atoms with Crippen molar-refractivity contribution in [2.45, 2.75) is 18.4 Å². The quantitative estimate of drug-likeness (QED) is 0.645. The second-order valence-electron chi connectivity index (χ2n) is 5.91. The monoisotopic (exact) mass is 374 g/mol. The van der Waals surface area contributed by atoms with Crippen LogP contribution in [0.2, 0.25) is 0 Å². The van der Waals surface area contributed by atoms with Gasteiger partial charge in [0.15, 0.2) is 0 Å². The molecular weight excluding hydrogens is 356 g/mol. The Morgan fingerprint density at radius 3 is 2.56 bits per heavy atom.